The SMILES string of the molecule is C#CCOc1ccc(OCCOCCOCCNC(=O)[C@@H](CC(=O)O)CC(=O)[C@@H](CC(=O)O)NC(=O)[C@H](CC(=O)[C@@H](Cc2ccc(O)cc2)NC(=O)[C@@H](Cc2ccc(O)cc2)NC(=O)[C@@H](Cc2ccc(O)cc2)NC(=O)[C@@H](Cc2ccc(O)cc2)NC(=O)[C@@H](Cc2ccc(O)cc2)NC(=O)[C@@H](Cc2ccc(O)cc2)NC(=O)[C@H](N)Cc2ccccc2)Cc2ccccc2)cc1. The molecule has 0 heterocycles. The van der Waals surface area contributed by atoms with E-state index < -0.39 is 169 Å². The Morgan fingerprint density at radius 1 is 0.292 bits per heavy atom. The van der Waals surface area contributed by atoms with E-state index in [2.05, 4.69) is 48.5 Å². The normalized spacial score (nSPS) is 13.3. The second kappa shape index (κ2) is 50.9. The number of phenols is 6. The molecular weight excluding hydrogens is 1680 g/mol. The summed E-state index contributed by atoms with van der Waals surface area (Å²) in [5.41, 5.74) is 9.82. The van der Waals surface area contributed by atoms with Gasteiger partial charge in [-0.3, -0.25) is 57.5 Å². The van der Waals surface area contributed by atoms with E-state index in [1.165, 1.54) is 146 Å². The Bertz CT molecular complexity index is 5280. The molecule has 9 rings (SSSR count). The number of ketones is 2. The zero-order valence-electron chi connectivity index (χ0n) is 70.9. The van der Waals surface area contributed by atoms with E-state index >= 15 is 24.0 Å². The van der Waals surface area contributed by atoms with E-state index in [9.17, 15) is 74.4 Å². The first kappa shape index (κ1) is 98.6. The van der Waals surface area contributed by atoms with Crippen molar-refractivity contribution in [1.29, 1.82) is 0 Å². The summed E-state index contributed by atoms with van der Waals surface area (Å²) in [6.07, 6.45) is -0.521. The summed E-state index contributed by atoms with van der Waals surface area (Å²) in [5.74, 6) is -13.2. The van der Waals surface area contributed by atoms with Crippen LogP contribution in [0.25, 0.3) is 0 Å². The molecule has 0 saturated heterocycles. The number of carbonyl (C=O) groups excluding carboxylic acids is 10. The lowest BCUT2D eigenvalue weighted by Crippen LogP contribution is -2.61. The van der Waals surface area contributed by atoms with Crippen LogP contribution in [0.2, 0.25) is 0 Å². The van der Waals surface area contributed by atoms with Gasteiger partial charge in [0.15, 0.2) is 11.6 Å². The molecule has 0 aliphatic heterocycles. The number of benzene rings is 9. The lowest BCUT2D eigenvalue weighted by molar-refractivity contribution is -0.144. The second-order valence-corrected chi connectivity index (χ2v) is 30.9. The molecule has 0 fully saturated rings. The molecule has 9 aromatic rings. The maximum absolute atomic E-state index is 15.6. The van der Waals surface area contributed by atoms with Crippen LogP contribution < -0.4 is 57.7 Å². The fourth-order valence-corrected chi connectivity index (χ4v) is 13.9. The minimum atomic E-state index is -1.91. The van der Waals surface area contributed by atoms with E-state index in [4.69, 9.17) is 31.1 Å². The first-order chi connectivity index (χ1) is 62.5. The van der Waals surface area contributed by atoms with Crippen LogP contribution in [0, 0.1) is 24.2 Å². The van der Waals surface area contributed by atoms with Gasteiger partial charge in [-0.15, -0.1) is 6.42 Å². The van der Waals surface area contributed by atoms with Gasteiger partial charge in [-0.25, -0.2) is 0 Å². The molecular formula is C97H105N9O24. The number of phenolic OH excluding ortho intramolecular Hbond substituents is 6. The number of aliphatic carboxylic acids is 2. The number of hydrogen-bond donors (Lipinski definition) is 17. The first-order valence-electron chi connectivity index (χ1n) is 41.8. The Labute approximate surface area is 749 Å². The number of Topliss-reactive ketones (excluding diaryl/α,β-unsaturated/α-hetero) is 2. The number of terminal acetylenes is 1. The number of amides is 8. The lowest BCUT2D eigenvalue weighted by Gasteiger charge is -2.28. The highest BCUT2D eigenvalue weighted by Gasteiger charge is 2.38. The fraction of sp³-hybridized carbons (Fsp3) is 0.299. The molecule has 130 heavy (non-hydrogen) atoms. The van der Waals surface area contributed by atoms with Gasteiger partial charge in [-0.2, -0.15) is 0 Å². The Balaban J connectivity index is 0.955. The Morgan fingerprint density at radius 2 is 0.585 bits per heavy atom. The van der Waals surface area contributed by atoms with Crippen molar-refractivity contribution in [3.63, 3.8) is 0 Å². The first-order valence-corrected chi connectivity index (χ1v) is 41.8. The number of carbonyl (C=O) groups is 12. The molecule has 0 aliphatic carbocycles. The van der Waals surface area contributed by atoms with Gasteiger partial charge in [0.1, 0.15) is 89.4 Å². The standard InChI is InChI=1S/C97H105N9O24/c1-2-42-129-76-37-39-77(40-38-76)130-47-46-128-45-44-127-43-41-99-90(119)69(58-88(115)116)57-87(114)80(59-89(117)118)100-91(120)68(48-60-9-5-3-6-10-60)56-86(113)79(50-62-13-25-70(107)26-14-62)101-93(122)82(52-64-17-29-72(109)30-18-64)103-95(124)84(54-66-21-33-74(111)34-22-66)105-97(126)85(55-67-23-35-75(112)36-24-67)106-96(125)83(53-65-19-31-73(110)32-20-65)104-94(123)81(51-63-15-27-71(108)28-16-63)102-92(121)78(98)49-61-11-7-4-8-12-61/h1,3-40,68-69,78-85,107-112H,41-59,98H2,(H,99,119)(H,100,120)(H,101,122)(H,102,121)(H,103,124)(H,104,123)(H,105,126)(H,106,125)(H,115,116)(H,117,118)/t68-,69+,78+,79+,80+,81+,82+,83+,84+,85+/m0/s1. The van der Waals surface area contributed by atoms with Crippen LogP contribution in [0.1, 0.15) is 70.2 Å². The van der Waals surface area contributed by atoms with Crippen LogP contribution in [-0.4, -0.2) is 206 Å². The van der Waals surface area contributed by atoms with Gasteiger partial charge in [0.2, 0.25) is 47.3 Å². The number of rotatable bonds is 53. The number of ether oxygens (including phenoxy) is 4. The van der Waals surface area contributed by atoms with Crippen LogP contribution in [0.5, 0.6) is 46.0 Å². The van der Waals surface area contributed by atoms with Gasteiger partial charge in [0.05, 0.1) is 63.3 Å². The number of nitrogens with one attached hydrogen (secondary N) is 8. The summed E-state index contributed by atoms with van der Waals surface area (Å²) in [6.45, 7) is 0.536. The quantitative estimate of drug-likeness (QED) is 0.0171. The highest BCUT2D eigenvalue weighted by molar-refractivity contribution is 6.00. The van der Waals surface area contributed by atoms with Crippen LogP contribution in [0.4, 0.5) is 0 Å². The summed E-state index contributed by atoms with van der Waals surface area (Å²) in [7, 11) is 0. The van der Waals surface area contributed by atoms with Crippen molar-refractivity contribution in [2.75, 3.05) is 46.2 Å². The average Bonchev–Trinajstić information content (AvgIpc) is 0.832. The zero-order chi connectivity index (χ0) is 93.4. The third-order valence-corrected chi connectivity index (χ3v) is 20.8. The molecule has 682 valence electrons. The summed E-state index contributed by atoms with van der Waals surface area (Å²) in [4.78, 5) is 174. The topological polar surface area (TPSA) is 526 Å². The van der Waals surface area contributed by atoms with E-state index in [1.807, 2.05) is 0 Å². The lowest BCUT2D eigenvalue weighted by atomic mass is 9.88. The van der Waals surface area contributed by atoms with Crippen molar-refractivity contribution in [1.82, 2.24) is 42.5 Å². The molecule has 0 radical (unpaired) electrons. The molecule has 33 heteroatoms. The van der Waals surface area contributed by atoms with Gasteiger partial charge in [-0.05, 0) is 161 Å². The molecule has 9 aromatic carbocycles. The number of carboxylic acid groups (broad SMARTS) is 2. The third kappa shape index (κ3) is 34.0. The average molecular weight is 1780 g/mol. The van der Waals surface area contributed by atoms with Crippen LogP contribution in [0.15, 0.2) is 231 Å². The number of hydrogen-bond acceptors (Lipinski definition) is 23. The maximum Gasteiger partial charge on any atom is 0.305 e. The molecule has 10 atom stereocenters. The minimum absolute atomic E-state index is 0.0705. The number of carboxylic acids is 2. The monoisotopic (exact) mass is 1780 g/mol. The van der Waals surface area contributed by atoms with Gasteiger partial charge in [-0.1, -0.05) is 139 Å². The molecule has 0 spiro atoms. The predicted molar refractivity (Wildman–Crippen MR) is 474 cm³/mol. The number of nitrogens with two attached hydrogens (primary N) is 1. The van der Waals surface area contributed by atoms with Crippen molar-refractivity contribution in [2.24, 2.45) is 17.6 Å². The van der Waals surface area contributed by atoms with E-state index in [0.29, 0.717) is 50.4 Å². The molecule has 0 unspecified atom stereocenters. The van der Waals surface area contributed by atoms with E-state index in [1.54, 1.807) is 84.9 Å². The van der Waals surface area contributed by atoms with Crippen molar-refractivity contribution in [3.8, 4) is 58.3 Å². The Hall–Kier alpha value is -15.1. The fourth-order valence-electron chi connectivity index (χ4n) is 13.9. The number of aromatic hydroxyl groups is 6. The van der Waals surface area contributed by atoms with E-state index in [-0.39, 0.29) is 119 Å². The summed E-state index contributed by atoms with van der Waals surface area (Å²) in [5, 5.41) is 104. The van der Waals surface area contributed by atoms with Gasteiger partial charge >= 0.3 is 11.9 Å². The van der Waals surface area contributed by atoms with Gasteiger partial charge < -0.3 is 108 Å². The highest BCUT2D eigenvalue weighted by Crippen LogP contribution is 2.25. The highest BCUT2D eigenvalue weighted by atomic mass is 16.5. The van der Waals surface area contributed by atoms with Gasteiger partial charge in [0.25, 0.3) is 0 Å². The Kier molecular flexibility index (Phi) is 38.6. The largest absolute Gasteiger partial charge is 0.508 e. The van der Waals surface area contributed by atoms with Crippen molar-refractivity contribution >= 4 is 70.8 Å². The molecule has 8 amide bonds. The third-order valence-electron chi connectivity index (χ3n) is 20.8. The predicted octanol–water partition coefficient (Wildman–Crippen LogP) is 5.22. The molecule has 0 aromatic heterocycles. The van der Waals surface area contributed by atoms with Crippen molar-refractivity contribution in [2.45, 2.75) is 125 Å². The molecule has 18 N–H and O–H groups in total. The van der Waals surface area contributed by atoms with Crippen molar-refractivity contribution < 1.29 is 117 Å². The smallest absolute Gasteiger partial charge is 0.305 e. The van der Waals surface area contributed by atoms with Crippen LogP contribution in [-0.2, 0) is 118 Å². The van der Waals surface area contributed by atoms with Crippen LogP contribution >= 0.6 is 0 Å². The molecule has 0 aliphatic rings. The molecule has 0 bridgehead atoms. The minimum Gasteiger partial charge on any atom is -0.508 e. The van der Waals surface area contributed by atoms with Crippen LogP contribution in [0.3, 0.4) is 0 Å². The second-order valence-electron chi connectivity index (χ2n) is 30.9. The zero-order valence-corrected chi connectivity index (χ0v) is 70.9. The Morgan fingerprint density at radius 3 is 0.946 bits per heavy atom. The molecule has 33 nitrogen and oxygen atoms in total. The molecule has 0 saturated carbocycles. The maximum atomic E-state index is 15.6. The van der Waals surface area contributed by atoms with Crippen molar-refractivity contribution in [3.05, 3.63) is 275 Å². The van der Waals surface area contributed by atoms with Gasteiger partial charge in [0, 0.05) is 57.4 Å². The summed E-state index contributed by atoms with van der Waals surface area (Å²) >= 11 is 0. The summed E-state index contributed by atoms with van der Waals surface area (Å²) in [6, 6.07) is 44.5. The summed E-state index contributed by atoms with van der Waals surface area (Å²) < 4.78 is 22.1. The van der Waals surface area contributed by atoms with E-state index in [0.717, 1.165) is 5.56 Å².